The number of hydrogen-bond acceptors (Lipinski definition) is 4. The Bertz CT molecular complexity index is 715. The second-order valence-corrected chi connectivity index (χ2v) is 5.43. The summed E-state index contributed by atoms with van der Waals surface area (Å²) in [5.41, 5.74) is 0.574. The smallest absolute Gasteiger partial charge is 0.339 e. The van der Waals surface area contributed by atoms with Crippen LogP contribution in [-0.4, -0.2) is 30.7 Å². The number of rotatable bonds is 6. The molecule has 0 spiro atoms. The van der Waals surface area contributed by atoms with Gasteiger partial charge in [-0.2, -0.15) is 0 Å². The summed E-state index contributed by atoms with van der Waals surface area (Å²) < 4.78 is 10.9. The van der Waals surface area contributed by atoms with E-state index in [4.69, 9.17) is 14.6 Å². The van der Waals surface area contributed by atoms with Crippen molar-refractivity contribution >= 4 is 33.5 Å². The fourth-order valence-electron chi connectivity index (χ4n) is 1.81. The number of ether oxygens (including phenoxy) is 2. The normalized spacial score (nSPS) is 10.0. The summed E-state index contributed by atoms with van der Waals surface area (Å²) in [5, 5.41) is 11.8. The molecule has 2 aromatic carbocycles. The Morgan fingerprint density at radius 1 is 1.17 bits per heavy atom. The second-order valence-electron chi connectivity index (χ2n) is 4.51. The van der Waals surface area contributed by atoms with Crippen LogP contribution < -0.4 is 14.8 Å². The number of carbonyl (C=O) groups is 2. The Morgan fingerprint density at radius 2 is 1.87 bits per heavy atom. The number of carboxylic acids is 1. The lowest BCUT2D eigenvalue weighted by Crippen LogP contribution is -2.20. The van der Waals surface area contributed by atoms with Gasteiger partial charge in [0, 0.05) is 10.2 Å². The molecular weight excluding hydrogens is 366 g/mol. The molecule has 0 saturated carbocycles. The third kappa shape index (κ3) is 4.72. The van der Waals surface area contributed by atoms with Crippen molar-refractivity contribution in [2.75, 3.05) is 19.0 Å². The quantitative estimate of drug-likeness (QED) is 0.804. The number of carboxylic acid groups (broad SMARTS) is 1. The molecule has 0 unspecified atom stereocenters. The van der Waals surface area contributed by atoms with E-state index in [0.29, 0.717) is 15.9 Å². The first-order valence-corrected chi connectivity index (χ1v) is 7.38. The molecule has 0 aliphatic heterocycles. The van der Waals surface area contributed by atoms with Crippen LogP contribution in [0.5, 0.6) is 11.5 Å². The molecule has 120 valence electrons. The van der Waals surface area contributed by atoms with Crippen LogP contribution in [0.25, 0.3) is 0 Å². The maximum Gasteiger partial charge on any atom is 0.339 e. The molecule has 0 radical (unpaired) electrons. The molecule has 6 nitrogen and oxygen atoms in total. The molecule has 0 aliphatic carbocycles. The first-order chi connectivity index (χ1) is 11.0. The molecule has 0 aromatic heterocycles. The van der Waals surface area contributed by atoms with E-state index >= 15 is 0 Å². The molecule has 0 atom stereocenters. The summed E-state index contributed by atoms with van der Waals surface area (Å²) in [5.74, 6) is -0.711. The van der Waals surface area contributed by atoms with E-state index in [1.807, 2.05) is 0 Å². The van der Waals surface area contributed by atoms with Gasteiger partial charge in [0.05, 0.1) is 7.11 Å². The van der Waals surface area contributed by atoms with Crippen molar-refractivity contribution in [2.45, 2.75) is 0 Å². The van der Waals surface area contributed by atoms with Crippen LogP contribution in [0, 0.1) is 0 Å². The van der Waals surface area contributed by atoms with E-state index in [1.54, 1.807) is 37.4 Å². The van der Waals surface area contributed by atoms with Crippen LogP contribution in [0.15, 0.2) is 46.9 Å². The molecule has 0 fully saturated rings. The fourth-order valence-corrected chi connectivity index (χ4v) is 2.17. The second kappa shape index (κ2) is 7.64. The molecule has 0 bridgehead atoms. The molecule has 7 heteroatoms. The standard InChI is InChI=1S/C16H14BrNO5/c1-22-12-5-3-11(4-6-12)18-15(19)9-23-14-7-2-10(17)8-13(14)16(20)21/h2-8H,9H2,1H3,(H,18,19)(H,20,21). The van der Waals surface area contributed by atoms with Crippen LogP contribution in [0.3, 0.4) is 0 Å². The Labute approximate surface area is 141 Å². The minimum Gasteiger partial charge on any atom is -0.497 e. The van der Waals surface area contributed by atoms with Crippen molar-refractivity contribution in [1.82, 2.24) is 0 Å². The van der Waals surface area contributed by atoms with Gasteiger partial charge in [-0.25, -0.2) is 4.79 Å². The number of anilines is 1. The van der Waals surface area contributed by atoms with Crippen LogP contribution in [0.4, 0.5) is 5.69 Å². The first-order valence-electron chi connectivity index (χ1n) is 6.59. The zero-order valence-electron chi connectivity index (χ0n) is 12.2. The summed E-state index contributed by atoms with van der Waals surface area (Å²) in [6, 6.07) is 11.4. The molecule has 1 amide bonds. The summed E-state index contributed by atoms with van der Waals surface area (Å²) in [6.45, 7) is -0.298. The van der Waals surface area contributed by atoms with E-state index in [1.165, 1.54) is 12.1 Å². The Hall–Kier alpha value is -2.54. The Kier molecular flexibility index (Phi) is 5.59. The lowest BCUT2D eigenvalue weighted by molar-refractivity contribution is -0.118. The summed E-state index contributed by atoms with van der Waals surface area (Å²) in [6.07, 6.45) is 0. The zero-order chi connectivity index (χ0) is 16.8. The van der Waals surface area contributed by atoms with Crippen LogP contribution in [0.1, 0.15) is 10.4 Å². The lowest BCUT2D eigenvalue weighted by Gasteiger charge is -2.10. The van der Waals surface area contributed by atoms with E-state index in [9.17, 15) is 9.59 Å². The average molecular weight is 380 g/mol. The van der Waals surface area contributed by atoms with Gasteiger partial charge in [-0.3, -0.25) is 4.79 Å². The molecule has 0 aliphatic rings. The minimum absolute atomic E-state index is 0.0170. The topological polar surface area (TPSA) is 84.9 Å². The monoisotopic (exact) mass is 379 g/mol. The van der Waals surface area contributed by atoms with Crippen molar-refractivity contribution in [3.63, 3.8) is 0 Å². The number of aromatic carboxylic acids is 1. The number of methoxy groups -OCH3 is 1. The number of hydrogen-bond donors (Lipinski definition) is 2. The van der Waals surface area contributed by atoms with Crippen molar-refractivity contribution in [2.24, 2.45) is 0 Å². The van der Waals surface area contributed by atoms with Crippen LogP contribution in [0.2, 0.25) is 0 Å². The number of carbonyl (C=O) groups excluding carboxylic acids is 1. The van der Waals surface area contributed by atoms with E-state index in [0.717, 1.165) is 0 Å². The van der Waals surface area contributed by atoms with Gasteiger partial charge in [0.1, 0.15) is 17.1 Å². The molecule has 23 heavy (non-hydrogen) atoms. The number of nitrogens with one attached hydrogen (secondary N) is 1. The lowest BCUT2D eigenvalue weighted by atomic mass is 10.2. The predicted octanol–water partition coefficient (Wildman–Crippen LogP) is 3.17. The summed E-state index contributed by atoms with van der Waals surface area (Å²) in [7, 11) is 1.56. The minimum atomic E-state index is -1.13. The summed E-state index contributed by atoms with van der Waals surface area (Å²) in [4.78, 5) is 23.0. The zero-order valence-corrected chi connectivity index (χ0v) is 13.8. The molecule has 0 saturated heterocycles. The van der Waals surface area contributed by atoms with Gasteiger partial charge >= 0.3 is 5.97 Å². The van der Waals surface area contributed by atoms with Gasteiger partial charge in [-0.05, 0) is 42.5 Å². The van der Waals surface area contributed by atoms with Crippen molar-refractivity contribution in [3.05, 3.63) is 52.5 Å². The van der Waals surface area contributed by atoms with Gasteiger partial charge in [0.2, 0.25) is 0 Å². The fraction of sp³-hybridized carbons (Fsp3) is 0.125. The highest BCUT2D eigenvalue weighted by molar-refractivity contribution is 9.10. The van der Waals surface area contributed by atoms with Crippen LogP contribution >= 0.6 is 15.9 Å². The first kappa shape index (κ1) is 16.8. The van der Waals surface area contributed by atoms with Gasteiger partial charge in [-0.1, -0.05) is 15.9 Å². The highest BCUT2D eigenvalue weighted by Gasteiger charge is 2.13. The molecule has 0 heterocycles. The Morgan fingerprint density at radius 3 is 2.48 bits per heavy atom. The Balaban J connectivity index is 1.97. The largest absolute Gasteiger partial charge is 0.497 e. The van der Waals surface area contributed by atoms with E-state index in [2.05, 4.69) is 21.2 Å². The van der Waals surface area contributed by atoms with Crippen molar-refractivity contribution < 1.29 is 24.2 Å². The maximum absolute atomic E-state index is 11.9. The molecule has 2 rings (SSSR count). The van der Waals surface area contributed by atoms with E-state index < -0.39 is 11.9 Å². The van der Waals surface area contributed by atoms with Crippen molar-refractivity contribution in [1.29, 1.82) is 0 Å². The van der Waals surface area contributed by atoms with Gasteiger partial charge in [0.25, 0.3) is 5.91 Å². The van der Waals surface area contributed by atoms with Gasteiger partial charge in [0.15, 0.2) is 6.61 Å². The van der Waals surface area contributed by atoms with Gasteiger partial charge < -0.3 is 19.9 Å². The molecule has 2 N–H and O–H groups in total. The van der Waals surface area contributed by atoms with Crippen LogP contribution in [-0.2, 0) is 4.79 Å². The van der Waals surface area contributed by atoms with E-state index in [-0.39, 0.29) is 17.9 Å². The van der Waals surface area contributed by atoms with Crippen molar-refractivity contribution in [3.8, 4) is 11.5 Å². The molecule has 2 aromatic rings. The maximum atomic E-state index is 11.9. The molecular formula is C16H14BrNO5. The third-order valence-electron chi connectivity index (χ3n) is 2.90. The predicted molar refractivity (Wildman–Crippen MR) is 88.2 cm³/mol. The highest BCUT2D eigenvalue weighted by Crippen LogP contribution is 2.23. The van der Waals surface area contributed by atoms with Gasteiger partial charge in [-0.15, -0.1) is 0 Å². The number of amides is 1. The highest BCUT2D eigenvalue weighted by atomic mass is 79.9. The summed E-state index contributed by atoms with van der Waals surface area (Å²) >= 11 is 3.19. The number of halogens is 1. The average Bonchev–Trinajstić information content (AvgIpc) is 2.54. The number of benzene rings is 2. The third-order valence-corrected chi connectivity index (χ3v) is 3.40. The SMILES string of the molecule is COc1ccc(NC(=O)COc2ccc(Br)cc2C(=O)O)cc1.